The van der Waals surface area contributed by atoms with Crippen LogP contribution in [0.25, 0.3) is 27.9 Å². The fraction of sp³-hybridized carbons (Fsp3) is 0.314. The van der Waals surface area contributed by atoms with Gasteiger partial charge in [-0.15, -0.1) is 0 Å². The Morgan fingerprint density at radius 1 is 1.04 bits per heavy atom. The second-order valence-electron chi connectivity index (χ2n) is 11.5. The number of carbonyl (C=O) groups is 1. The fourth-order valence-corrected chi connectivity index (χ4v) is 6.26. The lowest BCUT2D eigenvalue weighted by atomic mass is 9.95. The lowest BCUT2D eigenvalue weighted by Gasteiger charge is -2.26. The van der Waals surface area contributed by atoms with Gasteiger partial charge in [-0.2, -0.15) is 0 Å². The summed E-state index contributed by atoms with van der Waals surface area (Å²) < 4.78 is 7.28. The Morgan fingerprint density at radius 3 is 2.65 bits per heavy atom. The van der Waals surface area contributed by atoms with E-state index in [2.05, 4.69) is 33.1 Å². The molecule has 11 heteroatoms. The molecule has 2 unspecified atom stereocenters. The molecule has 3 atom stereocenters. The Labute approximate surface area is 272 Å². The van der Waals surface area contributed by atoms with Crippen molar-refractivity contribution in [3.8, 4) is 22.3 Å². The van der Waals surface area contributed by atoms with Crippen molar-refractivity contribution in [2.45, 2.75) is 31.7 Å². The van der Waals surface area contributed by atoms with Gasteiger partial charge in [-0.25, -0.2) is 4.98 Å². The molecule has 2 aromatic carbocycles. The molecular weight excluding hydrogens is 604 g/mol. The van der Waals surface area contributed by atoms with Crippen molar-refractivity contribution in [1.82, 2.24) is 25.3 Å². The van der Waals surface area contributed by atoms with Gasteiger partial charge in [0, 0.05) is 80.8 Å². The average Bonchev–Trinajstić information content (AvgIpc) is 3.50. The lowest BCUT2D eigenvalue weighted by Crippen LogP contribution is -2.40. The summed E-state index contributed by atoms with van der Waals surface area (Å²) >= 11 is 7.06. The Hall–Kier alpha value is -4.19. The first kappa shape index (κ1) is 31.8. The number of aliphatic hydroxyl groups is 1. The molecular formula is C35H37ClN6O4. The van der Waals surface area contributed by atoms with Crippen LogP contribution in [0.3, 0.4) is 0 Å². The largest absolute Gasteiger partial charge is 0.395 e. The number of ether oxygens (including phenoxy) is 1. The number of aliphatic imine (C=N–C) groups is 1. The molecule has 1 fully saturated rings. The highest BCUT2D eigenvalue weighted by Gasteiger charge is 2.25. The highest BCUT2D eigenvalue weighted by atomic mass is 35.5. The van der Waals surface area contributed by atoms with Crippen molar-refractivity contribution in [3.05, 3.63) is 106 Å². The molecule has 2 aliphatic heterocycles. The van der Waals surface area contributed by atoms with Crippen LogP contribution in [0, 0.1) is 5.92 Å². The van der Waals surface area contributed by atoms with Gasteiger partial charge in [0.1, 0.15) is 5.65 Å². The molecule has 0 bridgehead atoms. The normalized spacial score (nSPS) is 19.4. The van der Waals surface area contributed by atoms with Crippen molar-refractivity contribution in [2.75, 3.05) is 33.4 Å². The predicted octanol–water partition coefficient (Wildman–Crippen LogP) is 3.58. The van der Waals surface area contributed by atoms with Crippen LogP contribution in [-0.4, -0.2) is 71.7 Å². The van der Waals surface area contributed by atoms with Crippen LogP contribution in [0.1, 0.15) is 24.0 Å². The summed E-state index contributed by atoms with van der Waals surface area (Å²) in [6.45, 7) is 2.15. The van der Waals surface area contributed by atoms with Crippen LogP contribution in [-0.2, 0) is 16.1 Å². The molecule has 2 aliphatic rings. The van der Waals surface area contributed by atoms with Crippen molar-refractivity contribution < 1.29 is 14.6 Å². The molecule has 0 aliphatic carbocycles. The SMILES string of the molecule is COC1N=C(c2cccc(-c3cccc(-c4ccn5c(=O)c(CNCCO)cnc5c4)c3)c2Cl)C=CC1CNC[C@@H]1CCC(=O)N1. The quantitative estimate of drug-likeness (QED) is 0.174. The van der Waals surface area contributed by atoms with E-state index in [0.717, 1.165) is 46.5 Å². The van der Waals surface area contributed by atoms with E-state index in [0.29, 0.717) is 42.3 Å². The van der Waals surface area contributed by atoms with Crippen molar-refractivity contribution in [1.29, 1.82) is 0 Å². The molecule has 46 heavy (non-hydrogen) atoms. The Morgan fingerprint density at radius 2 is 1.85 bits per heavy atom. The number of aliphatic hydroxyl groups excluding tert-OH is 1. The number of halogens is 1. The molecule has 0 spiro atoms. The summed E-state index contributed by atoms with van der Waals surface area (Å²) in [4.78, 5) is 33.8. The van der Waals surface area contributed by atoms with Gasteiger partial charge in [0.2, 0.25) is 5.91 Å². The molecule has 2 aromatic heterocycles. The van der Waals surface area contributed by atoms with Crippen molar-refractivity contribution in [2.24, 2.45) is 10.9 Å². The van der Waals surface area contributed by atoms with E-state index in [-0.39, 0.29) is 36.3 Å². The van der Waals surface area contributed by atoms with Gasteiger partial charge in [0.05, 0.1) is 17.3 Å². The summed E-state index contributed by atoms with van der Waals surface area (Å²) in [7, 11) is 1.66. The van der Waals surface area contributed by atoms with E-state index in [9.17, 15) is 9.59 Å². The summed E-state index contributed by atoms with van der Waals surface area (Å²) in [6.07, 6.45) is 8.50. The molecule has 0 radical (unpaired) electrons. The third-order valence-corrected chi connectivity index (χ3v) is 8.80. The molecule has 10 nitrogen and oxygen atoms in total. The maximum atomic E-state index is 12.9. The maximum Gasteiger partial charge on any atom is 0.262 e. The van der Waals surface area contributed by atoms with Gasteiger partial charge >= 0.3 is 0 Å². The predicted molar refractivity (Wildman–Crippen MR) is 180 cm³/mol. The zero-order chi connectivity index (χ0) is 32.0. The number of allylic oxidation sites excluding steroid dienone is 1. The minimum Gasteiger partial charge on any atom is -0.395 e. The zero-order valence-corrected chi connectivity index (χ0v) is 26.3. The third-order valence-electron chi connectivity index (χ3n) is 8.40. The summed E-state index contributed by atoms with van der Waals surface area (Å²) in [6, 6.07) is 18.0. The molecule has 0 saturated carbocycles. The van der Waals surface area contributed by atoms with Crippen molar-refractivity contribution in [3.63, 3.8) is 0 Å². The Bertz CT molecular complexity index is 1850. The van der Waals surface area contributed by atoms with Crippen LogP contribution >= 0.6 is 11.6 Å². The molecule has 4 aromatic rings. The standard InChI is InChI=1S/C35H37ClN6O4/c1-46-34-25(18-38-21-27-9-11-32(44)40-27)8-10-30(41-34)29-7-3-6-28(33(29)36)24-5-2-4-22(16-24)23-12-14-42-31(17-23)39-20-26(35(42)45)19-37-13-15-43/h2-8,10,12,14,16-17,20,25,27,34,37-38,43H,9,11,13,15,18-19,21H2,1H3,(H,40,44)/t25?,27-,34?/m0/s1. The summed E-state index contributed by atoms with van der Waals surface area (Å²) in [5.74, 6) is 0.160. The zero-order valence-electron chi connectivity index (χ0n) is 25.6. The van der Waals surface area contributed by atoms with Gasteiger partial charge in [-0.05, 0) is 47.4 Å². The van der Waals surface area contributed by atoms with Crippen LogP contribution in [0.2, 0.25) is 5.02 Å². The van der Waals surface area contributed by atoms with E-state index in [1.54, 1.807) is 19.5 Å². The van der Waals surface area contributed by atoms with E-state index in [4.69, 9.17) is 26.4 Å². The van der Waals surface area contributed by atoms with E-state index < -0.39 is 0 Å². The van der Waals surface area contributed by atoms with Crippen molar-refractivity contribution >= 4 is 28.9 Å². The second-order valence-corrected chi connectivity index (χ2v) is 11.9. The minimum atomic E-state index is -0.365. The van der Waals surface area contributed by atoms with Crippen LogP contribution < -0.4 is 21.5 Å². The molecule has 1 amide bonds. The number of benzene rings is 2. The summed E-state index contributed by atoms with van der Waals surface area (Å²) in [5.41, 5.74) is 6.23. The molecule has 6 rings (SSSR count). The highest BCUT2D eigenvalue weighted by molar-refractivity contribution is 6.37. The maximum absolute atomic E-state index is 12.9. The number of hydrogen-bond acceptors (Lipinski definition) is 8. The Kier molecular flexibility index (Phi) is 10.0. The number of methoxy groups -OCH3 is 1. The smallest absolute Gasteiger partial charge is 0.262 e. The van der Waals surface area contributed by atoms with Crippen LogP contribution in [0.15, 0.2) is 88.9 Å². The first-order valence-corrected chi connectivity index (χ1v) is 15.8. The van der Waals surface area contributed by atoms with E-state index in [1.807, 2.05) is 54.6 Å². The number of nitrogens with one attached hydrogen (secondary N) is 3. The third kappa shape index (κ3) is 6.96. The number of nitrogens with zero attached hydrogens (tertiary/aromatic N) is 3. The number of hydrogen-bond donors (Lipinski definition) is 4. The van der Waals surface area contributed by atoms with Crippen LogP contribution in [0.5, 0.6) is 0 Å². The van der Waals surface area contributed by atoms with Crippen LogP contribution in [0.4, 0.5) is 0 Å². The first-order valence-electron chi connectivity index (χ1n) is 15.5. The van der Waals surface area contributed by atoms with Gasteiger partial charge in [-0.3, -0.25) is 19.0 Å². The average molecular weight is 641 g/mol. The number of aromatic nitrogens is 2. The fourth-order valence-electron chi connectivity index (χ4n) is 5.93. The number of rotatable bonds is 12. The number of pyridine rings is 1. The molecule has 238 valence electrons. The van der Waals surface area contributed by atoms with Gasteiger partial charge in [-0.1, -0.05) is 54.1 Å². The minimum absolute atomic E-state index is 0.00349. The molecule has 1 saturated heterocycles. The number of amides is 1. The number of carbonyl (C=O) groups excluding carboxylic acids is 1. The molecule has 4 heterocycles. The van der Waals surface area contributed by atoms with E-state index in [1.165, 1.54) is 4.40 Å². The number of dihydropyridines is 1. The number of fused-ring (bicyclic) bond motifs is 1. The van der Waals surface area contributed by atoms with Gasteiger partial charge < -0.3 is 25.8 Å². The Balaban J connectivity index is 1.20. The van der Waals surface area contributed by atoms with Gasteiger partial charge in [0.25, 0.3) is 5.56 Å². The lowest BCUT2D eigenvalue weighted by molar-refractivity contribution is -0.119. The monoisotopic (exact) mass is 640 g/mol. The molecule has 4 N–H and O–H groups in total. The van der Waals surface area contributed by atoms with Gasteiger partial charge in [0.15, 0.2) is 6.23 Å². The first-order chi connectivity index (χ1) is 22.4. The summed E-state index contributed by atoms with van der Waals surface area (Å²) in [5, 5.41) is 19.1. The highest BCUT2D eigenvalue weighted by Crippen LogP contribution is 2.34. The second kappa shape index (κ2) is 14.5. The van der Waals surface area contributed by atoms with E-state index >= 15 is 0 Å². The topological polar surface area (TPSA) is 129 Å².